The molecule has 0 saturated heterocycles. The number of rotatable bonds is 5. The predicted octanol–water partition coefficient (Wildman–Crippen LogP) is 1.73. The lowest BCUT2D eigenvalue weighted by Gasteiger charge is -2.05. The molecule has 0 aromatic carbocycles. The second kappa shape index (κ2) is 6.38. The number of carbonyl (C=O) groups is 1. The van der Waals surface area contributed by atoms with Gasteiger partial charge in [0.2, 0.25) is 0 Å². The minimum Gasteiger partial charge on any atom is -0.466 e. The summed E-state index contributed by atoms with van der Waals surface area (Å²) >= 11 is 0. The van der Waals surface area contributed by atoms with Gasteiger partial charge >= 0.3 is 5.97 Å². The number of carbonyl (C=O) groups excluding carboxylic acids is 1. The minimum atomic E-state index is -0.191. The Morgan fingerprint density at radius 2 is 1.96 bits per heavy atom. The lowest BCUT2D eigenvalue weighted by molar-refractivity contribution is -0.143. The molecule has 8 heteroatoms. The van der Waals surface area contributed by atoms with Gasteiger partial charge in [0.15, 0.2) is 17.3 Å². The van der Waals surface area contributed by atoms with Crippen LogP contribution in [0.1, 0.15) is 36.1 Å². The van der Waals surface area contributed by atoms with E-state index < -0.39 is 0 Å². The average Bonchev–Trinajstić information content (AvgIpc) is 3.06. The maximum atomic E-state index is 11.6. The van der Waals surface area contributed by atoms with E-state index in [1.54, 1.807) is 16.1 Å². The quantitative estimate of drug-likeness (QED) is 0.663. The largest absolute Gasteiger partial charge is 0.466 e. The first-order valence-electron chi connectivity index (χ1n) is 7.91. The Morgan fingerprint density at radius 1 is 1.17 bits per heavy atom. The Hall–Kier alpha value is -2.77. The minimum absolute atomic E-state index is 0.191. The van der Waals surface area contributed by atoms with Crippen molar-refractivity contribution in [1.29, 1.82) is 0 Å². The van der Waals surface area contributed by atoms with Crippen LogP contribution in [0.5, 0.6) is 0 Å². The molecule has 8 nitrogen and oxygen atoms in total. The number of nitrogens with zero attached hydrogens (tertiary/aromatic N) is 6. The number of hydrogen-bond acceptors (Lipinski definition) is 6. The van der Waals surface area contributed by atoms with Gasteiger partial charge in [0.1, 0.15) is 0 Å². The van der Waals surface area contributed by atoms with Crippen LogP contribution in [0.25, 0.3) is 11.5 Å². The highest BCUT2D eigenvalue weighted by molar-refractivity contribution is 5.69. The highest BCUT2D eigenvalue weighted by Crippen LogP contribution is 2.19. The van der Waals surface area contributed by atoms with Crippen LogP contribution in [-0.2, 0) is 16.0 Å². The van der Waals surface area contributed by atoms with Crippen molar-refractivity contribution >= 4 is 11.6 Å². The van der Waals surface area contributed by atoms with Gasteiger partial charge in [-0.2, -0.15) is 9.61 Å². The van der Waals surface area contributed by atoms with Gasteiger partial charge in [0.25, 0.3) is 0 Å². The van der Waals surface area contributed by atoms with Crippen LogP contribution >= 0.6 is 0 Å². The smallest absolute Gasteiger partial charge is 0.306 e. The molecule has 0 aliphatic carbocycles. The second-order valence-corrected chi connectivity index (χ2v) is 5.57. The molecule has 0 aliphatic heterocycles. The number of ether oxygens (including phenoxy) is 1. The van der Waals surface area contributed by atoms with Gasteiger partial charge in [-0.15, -0.1) is 15.3 Å². The van der Waals surface area contributed by atoms with E-state index in [-0.39, 0.29) is 5.97 Å². The normalized spacial score (nSPS) is 11.2. The molecule has 3 aromatic heterocycles. The first-order chi connectivity index (χ1) is 11.5. The molecule has 0 N–H and O–H groups in total. The molecule has 3 rings (SSSR count). The summed E-state index contributed by atoms with van der Waals surface area (Å²) in [5.74, 6) is 1.22. The summed E-state index contributed by atoms with van der Waals surface area (Å²) in [5, 5.41) is 17.2. The summed E-state index contributed by atoms with van der Waals surface area (Å²) in [4.78, 5) is 11.6. The van der Waals surface area contributed by atoms with Gasteiger partial charge in [-0.25, -0.2) is 4.68 Å². The molecule has 0 radical (unpaired) electrons. The van der Waals surface area contributed by atoms with Crippen LogP contribution in [0, 0.1) is 20.8 Å². The van der Waals surface area contributed by atoms with Crippen LogP contribution in [0.2, 0.25) is 0 Å². The molecule has 0 bridgehead atoms. The molecular weight excluding hydrogens is 308 g/mol. The topological polar surface area (TPSA) is 87.2 Å². The monoisotopic (exact) mass is 328 g/mol. The van der Waals surface area contributed by atoms with Crippen molar-refractivity contribution in [3.05, 3.63) is 34.9 Å². The third-order valence-electron chi connectivity index (χ3n) is 3.95. The number of fused-ring (bicyclic) bond motifs is 1. The average molecular weight is 328 g/mol. The first kappa shape index (κ1) is 16.1. The molecule has 0 fully saturated rings. The zero-order valence-corrected chi connectivity index (χ0v) is 14.3. The van der Waals surface area contributed by atoms with Crippen molar-refractivity contribution < 1.29 is 9.53 Å². The Balaban J connectivity index is 1.92. The summed E-state index contributed by atoms with van der Waals surface area (Å²) in [7, 11) is 0. The maximum Gasteiger partial charge on any atom is 0.306 e. The van der Waals surface area contributed by atoms with Crippen LogP contribution < -0.4 is 0 Å². The summed E-state index contributed by atoms with van der Waals surface area (Å²) in [6.45, 7) is 7.97. The Labute approximate surface area is 139 Å². The van der Waals surface area contributed by atoms with Crippen molar-refractivity contribution in [1.82, 2.24) is 29.6 Å². The van der Waals surface area contributed by atoms with E-state index >= 15 is 0 Å². The zero-order chi connectivity index (χ0) is 17.3. The molecule has 0 aliphatic rings. The zero-order valence-electron chi connectivity index (χ0n) is 14.3. The molecule has 0 unspecified atom stereocenters. The highest BCUT2D eigenvalue weighted by atomic mass is 16.5. The first-order valence-corrected chi connectivity index (χ1v) is 7.91. The Morgan fingerprint density at radius 3 is 2.71 bits per heavy atom. The van der Waals surface area contributed by atoms with Crippen molar-refractivity contribution in [2.75, 3.05) is 6.61 Å². The van der Waals surface area contributed by atoms with Gasteiger partial charge in [0.05, 0.1) is 12.3 Å². The van der Waals surface area contributed by atoms with Crippen LogP contribution in [0.3, 0.4) is 0 Å². The third-order valence-corrected chi connectivity index (χ3v) is 3.95. The SMILES string of the molecule is CCOC(=O)CCc1c(C)nn(-c2ccc3nnc(C)n3n2)c1C. The number of aryl methyl sites for hydroxylation is 2. The Bertz CT molecular complexity index is 895. The molecule has 0 saturated carbocycles. The van der Waals surface area contributed by atoms with Gasteiger partial charge in [0, 0.05) is 12.1 Å². The van der Waals surface area contributed by atoms with Gasteiger partial charge in [-0.1, -0.05) is 0 Å². The van der Waals surface area contributed by atoms with Crippen molar-refractivity contribution in [3.8, 4) is 5.82 Å². The molecule has 0 spiro atoms. The van der Waals surface area contributed by atoms with E-state index in [1.165, 1.54) is 0 Å². The second-order valence-electron chi connectivity index (χ2n) is 5.57. The molecule has 0 atom stereocenters. The fourth-order valence-corrected chi connectivity index (χ4v) is 2.72. The van der Waals surface area contributed by atoms with Gasteiger partial charge in [-0.05, 0) is 51.8 Å². The van der Waals surface area contributed by atoms with Crippen molar-refractivity contribution in [2.24, 2.45) is 0 Å². The molecule has 126 valence electrons. The van der Waals surface area contributed by atoms with E-state index in [4.69, 9.17) is 4.74 Å². The van der Waals surface area contributed by atoms with E-state index in [9.17, 15) is 4.79 Å². The van der Waals surface area contributed by atoms with Crippen LogP contribution in [-0.4, -0.2) is 42.2 Å². The van der Waals surface area contributed by atoms with E-state index in [0.29, 0.717) is 30.9 Å². The Kier molecular flexibility index (Phi) is 4.28. The molecular formula is C16H20N6O2. The van der Waals surface area contributed by atoms with E-state index in [2.05, 4.69) is 20.4 Å². The summed E-state index contributed by atoms with van der Waals surface area (Å²) < 4.78 is 8.46. The van der Waals surface area contributed by atoms with Gasteiger partial charge in [-0.3, -0.25) is 4.79 Å². The standard InChI is InChI=1S/C16H20N6O2/c1-5-24-16(23)9-6-13-10(2)19-21(11(13)3)15-8-7-14-18-17-12(4)22(14)20-15/h7-8H,5-6,9H2,1-4H3. The van der Waals surface area contributed by atoms with Crippen LogP contribution in [0.4, 0.5) is 0 Å². The molecule has 0 amide bonds. The third kappa shape index (κ3) is 2.86. The molecule has 3 aromatic rings. The summed E-state index contributed by atoms with van der Waals surface area (Å²) in [6.07, 6.45) is 0.947. The molecule has 3 heterocycles. The van der Waals surface area contributed by atoms with E-state index in [0.717, 1.165) is 22.8 Å². The number of esters is 1. The fraction of sp³-hybridized carbons (Fsp3) is 0.438. The summed E-state index contributed by atoms with van der Waals surface area (Å²) in [6, 6.07) is 3.72. The van der Waals surface area contributed by atoms with Crippen molar-refractivity contribution in [3.63, 3.8) is 0 Å². The predicted molar refractivity (Wildman–Crippen MR) is 87.1 cm³/mol. The lowest BCUT2D eigenvalue weighted by atomic mass is 10.1. The lowest BCUT2D eigenvalue weighted by Crippen LogP contribution is -2.07. The number of aromatic nitrogens is 6. The number of hydrogen-bond donors (Lipinski definition) is 0. The van der Waals surface area contributed by atoms with Crippen LogP contribution in [0.15, 0.2) is 12.1 Å². The fourth-order valence-electron chi connectivity index (χ4n) is 2.72. The highest BCUT2D eigenvalue weighted by Gasteiger charge is 2.16. The van der Waals surface area contributed by atoms with Crippen molar-refractivity contribution in [2.45, 2.75) is 40.5 Å². The van der Waals surface area contributed by atoms with Gasteiger partial charge < -0.3 is 4.74 Å². The maximum absolute atomic E-state index is 11.6. The summed E-state index contributed by atoms with van der Waals surface area (Å²) in [5.41, 5.74) is 3.60. The van der Waals surface area contributed by atoms with E-state index in [1.807, 2.05) is 32.9 Å². The molecule has 24 heavy (non-hydrogen) atoms.